The van der Waals surface area contributed by atoms with Crippen LogP contribution in [0.15, 0.2) is 46.1 Å². The van der Waals surface area contributed by atoms with Crippen LogP contribution in [0.5, 0.6) is 0 Å². The zero-order valence-corrected chi connectivity index (χ0v) is 8.18. The number of pyridine rings is 1. The van der Waals surface area contributed by atoms with E-state index in [-0.39, 0.29) is 5.56 Å². The number of furan rings is 1. The molecule has 16 heavy (non-hydrogen) atoms. The number of hydrogen-bond donors (Lipinski definition) is 1. The van der Waals surface area contributed by atoms with Gasteiger partial charge in [0.2, 0.25) is 5.56 Å². The molecule has 3 aromatic heterocycles. The highest BCUT2D eigenvalue weighted by molar-refractivity contribution is 5.75. The summed E-state index contributed by atoms with van der Waals surface area (Å²) < 4.78 is 4.95. The molecule has 0 spiro atoms. The van der Waals surface area contributed by atoms with Gasteiger partial charge in [-0.2, -0.15) is 0 Å². The molecular formula is C11H7N3O2. The summed E-state index contributed by atoms with van der Waals surface area (Å²) in [6.45, 7) is 0. The highest BCUT2D eigenvalue weighted by Crippen LogP contribution is 2.16. The van der Waals surface area contributed by atoms with Gasteiger partial charge >= 0.3 is 0 Å². The summed E-state index contributed by atoms with van der Waals surface area (Å²) in [5.74, 6) is 0.531. The Morgan fingerprint density at radius 2 is 2.19 bits per heavy atom. The van der Waals surface area contributed by atoms with E-state index in [2.05, 4.69) is 15.0 Å². The van der Waals surface area contributed by atoms with E-state index in [0.717, 1.165) is 10.9 Å². The van der Waals surface area contributed by atoms with Crippen molar-refractivity contribution >= 4 is 11.0 Å². The van der Waals surface area contributed by atoms with Crippen LogP contribution in [0.2, 0.25) is 0 Å². The lowest BCUT2D eigenvalue weighted by Gasteiger charge is -1.98. The van der Waals surface area contributed by atoms with Crippen molar-refractivity contribution < 1.29 is 4.42 Å². The van der Waals surface area contributed by atoms with E-state index in [1.54, 1.807) is 30.9 Å². The van der Waals surface area contributed by atoms with E-state index in [0.29, 0.717) is 11.5 Å². The van der Waals surface area contributed by atoms with Crippen LogP contribution in [0.1, 0.15) is 0 Å². The normalized spacial score (nSPS) is 10.8. The Morgan fingerprint density at radius 1 is 1.25 bits per heavy atom. The Kier molecular flexibility index (Phi) is 1.83. The number of nitrogens with one attached hydrogen (secondary N) is 1. The molecule has 3 heterocycles. The maximum absolute atomic E-state index is 11.1. The van der Waals surface area contributed by atoms with Gasteiger partial charge in [0.1, 0.15) is 11.9 Å². The fraction of sp³-hybridized carbons (Fsp3) is 0. The van der Waals surface area contributed by atoms with E-state index in [9.17, 15) is 4.79 Å². The van der Waals surface area contributed by atoms with E-state index in [1.165, 1.54) is 6.07 Å². The molecule has 0 unspecified atom stereocenters. The molecule has 0 atom stereocenters. The third kappa shape index (κ3) is 1.38. The first-order valence-corrected chi connectivity index (χ1v) is 4.71. The minimum Gasteiger partial charge on any atom is -0.472 e. The number of aromatic amines is 1. The summed E-state index contributed by atoms with van der Waals surface area (Å²) in [6.07, 6.45) is 4.78. The molecule has 0 radical (unpaired) electrons. The first-order valence-electron chi connectivity index (χ1n) is 4.71. The largest absolute Gasteiger partial charge is 0.472 e. The molecule has 78 valence electrons. The van der Waals surface area contributed by atoms with Gasteiger partial charge in [0.15, 0.2) is 5.82 Å². The first kappa shape index (κ1) is 8.84. The van der Waals surface area contributed by atoms with Gasteiger partial charge in [-0.3, -0.25) is 4.79 Å². The SMILES string of the molecule is O=c1ccc2cnc(-c3ccoc3)nc2[nH]1. The fourth-order valence-electron chi connectivity index (χ4n) is 1.47. The van der Waals surface area contributed by atoms with Crippen LogP contribution in [0.4, 0.5) is 0 Å². The third-order valence-corrected chi connectivity index (χ3v) is 2.25. The average Bonchev–Trinajstić information content (AvgIpc) is 2.81. The van der Waals surface area contributed by atoms with Crippen molar-refractivity contribution in [3.8, 4) is 11.4 Å². The Morgan fingerprint density at radius 3 is 3.00 bits per heavy atom. The number of rotatable bonds is 1. The Balaban J connectivity index is 2.26. The summed E-state index contributed by atoms with van der Waals surface area (Å²) in [7, 11) is 0. The van der Waals surface area contributed by atoms with E-state index >= 15 is 0 Å². The third-order valence-electron chi connectivity index (χ3n) is 2.25. The van der Waals surface area contributed by atoms with Gasteiger partial charge < -0.3 is 9.40 Å². The Labute approximate surface area is 89.8 Å². The van der Waals surface area contributed by atoms with Gasteiger partial charge in [-0.15, -0.1) is 0 Å². The van der Waals surface area contributed by atoms with Gasteiger partial charge in [0.05, 0.1) is 11.8 Å². The predicted octanol–water partition coefficient (Wildman–Crippen LogP) is 1.58. The molecule has 5 nitrogen and oxygen atoms in total. The van der Waals surface area contributed by atoms with Crippen LogP contribution in [-0.4, -0.2) is 15.0 Å². The quantitative estimate of drug-likeness (QED) is 0.666. The van der Waals surface area contributed by atoms with Gasteiger partial charge in [-0.1, -0.05) is 0 Å². The molecule has 0 aliphatic carbocycles. The van der Waals surface area contributed by atoms with E-state index < -0.39 is 0 Å². The average molecular weight is 213 g/mol. The molecule has 0 fully saturated rings. The summed E-state index contributed by atoms with van der Waals surface area (Å²) in [5.41, 5.74) is 1.13. The predicted molar refractivity (Wildman–Crippen MR) is 57.9 cm³/mol. The maximum Gasteiger partial charge on any atom is 0.249 e. The summed E-state index contributed by atoms with van der Waals surface area (Å²) in [6, 6.07) is 4.90. The molecule has 3 rings (SSSR count). The Bertz CT molecular complexity index is 686. The molecule has 0 amide bonds. The van der Waals surface area contributed by atoms with E-state index in [1.807, 2.05) is 0 Å². The van der Waals surface area contributed by atoms with Gasteiger partial charge in [-0.05, 0) is 12.1 Å². The van der Waals surface area contributed by atoms with Crippen LogP contribution in [-0.2, 0) is 0 Å². The molecular weight excluding hydrogens is 206 g/mol. The van der Waals surface area contributed by atoms with Gasteiger partial charge in [0, 0.05) is 17.6 Å². The second-order valence-electron chi connectivity index (χ2n) is 3.33. The van der Waals surface area contributed by atoms with Crippen LogP contribution < -0.4 is 5.56 Å². The highest BCUT2D eigenvalue weighted by Gasteiger charge is 2.04. The van der Waals surface area contributed by atoms with Crippen LogP contribution >= 0.6 is 0 Å². The van der Waals surface area contributed by atoms with Gasteiger partial charge in [-0.25, -0.2) is 9.97 Å². The van der Waals surface area contributed by atoms with Crippen molar-refractivity contribution in [2.24, 2.45) is 0 Å². The smallest absolute Gasteiger partial charge is 0.249 e. The van der Waals surface area contributed by atoms with Crippen molar-refractivity contribution in [1.29, 1.82) is 0 Å². The molecule has 0 aromatic carbocycles. The standard InChI is InChI=1S/C11H7N3O2/c15-9-2-1-7-5-12-10(14-11(7)13-9)8-3-4-16-6-8/h1-6H,(H,12,13,14,15). The minimum atomic E-state index is -0.177. The zero-order valence-electron chi connectivity index (χ0n) is 8.18. The van der Waals surface area contributed by atoms with Crippen molar-refractivity contribution in [2.45, 2.75) is 0 Å². The van der Waals surface area contributed by atoms with Crippen LogP contribution in [0.25, 0.3) is 22.4 Å². The minimum absolute atomic E-state index is 0.177. The number of H-pyrrole nitrogens is 1. The molecule has 0 saturated carbocycles. The molecule has 3 aromatic rings. The Hall–Kier alpha value is -2.43. The molecule has 0 saturated heterocycles. The monoisotopic (exact) mass is 213 g/mol. The summed E-state index contributed by atoms with van der Waals surface area (Å²) >= 11 is 0. The zero-order chi connectivity index (χ0) is 11.0. The molecule has 0 bridgehead atoms. The first-order chi connectivity index (χ1) is 7.83. The maximum atomic E-state index is 11.1. The van der Waals surface area contributed by atoms with Crippen LogP contribution in [0.3, 0.4) is 0 Å². The van der Waals surface area contributed by atoms with E-state index in [4.69, 9.17) is 4.42 Å². The topological polar surface area (TPSA) is 71.8 Å². The summed E-state index contributed by atoms with van der Waals surface area (Å²) in [5, 5.41) is 0.798. The lowest BCUT2D eigenvalue weighted by Crippen LogP contribution is -2.04. The van der Waals surface area contributed by atoms with Crippen molar-refractivity contribution in [1.82, 2.24) is 15.0 Å². The van der Waals surface area contributed by atoms with Crippen LogP contribution in [0, 0.1) is 0 Å². The molecule has 0 aliphatic rings. The second-order valence-corrected chi connectivity index (χ2v) is 3.33. The number of aromatic nitrogens is 3. The lowest BCUT2D eigenvalue weighted by molar-refractivity contribution is 0.568. The fourth-order valence-corrected chi connectivity index (χ4v) is 1.47. The van der Waals surface area contributed by atoms with Crippen molar-refractivity contribution in [2.75, 3.05) is 0 Å². The molecule has 5 heteroatoms. The van der Waals surface area contributed by atoms with Crippen molar-refractivity contribution in [3.63, 3.8) is 0 Å². The number of nitrogens with zero attached hydrogens (tertiary/aromatic N) is 2. The molecule has 0 aliphatic heterocycles. The second kappa shape index (κ2) is 3.30. The summed E-state index contributed by atoms with van der Waals surface area (Å²) in [4.78, 5) is 22.2. The highest BCUT2D eigenvalue weighted by atomic mass is 16.3. The lowest BCUT2D eigenvalue weighted by atomic mass is 10.3. The molecule has 1 N–H and O–H groups in total. The van der Waals surface area contributed by atoms with Crippen molar-refractivity contribution in [3.05, 3.63) is 47.3 Å². The van der Waals surface area contributed by atoms with Gasteiger partial charge in [0.25, 0.3) is 0 Å². The number of hydrogen-bond acceptors (Lipinski definition) is 4. The number of fused-ring (bicyclic) bond motifs is 1.